The van der Waals surface area contributed by atoms with Crippen molar-refractivity contribution in [1.29, 1.82) is 0 Å². The van der Waals surface area contributed by atoms with Gasteiger partial charge in [-0.25, -0.2) is 4.98 Å². The van der Waals surface area contributed by atoms with Crippen LogP contribution in [0.2, 0.25) is 0 Å². The van der Waals surface area contributed by atoms with Crippen LogP contribution in [0.25, 0.3) is 11.0 Å². The molecule has 8 heteroatoms. The molecule has 1 N–H and O–H groups in total. The van der Waals surface area contributed by atoms with Crippen LogP contribution in [0, 0.1) is 0 Å². The zero-order valence-corrected chi connectivity index (χ0v) is 12.6. The number of anilines is 1. The van der Waals surface area contributed by atoms with E-state index in [4.69, 9.17) is 0 Å². The molecule has 2 aromatic heterocycles. The SMILES string of the molecule is FC(F)(F)c1ccc(NCc2nc3ccccc3n2C2CC2)nn1. The van der Waals surface area contributed by atoms with E-state index in [1.165, 1.54) is 6.07 Å². The van der Waals surface area contributed by atoms with Gasteiger partial charge in [0.05, 0.1) is 17.6 Å². The summed E-state index contributed by atoms with van der Waals surface area (Å²) in [6.07, 6.45) is -2.24. The van der Waals surface area contributed by atoms with E-state index < -0.39 is 11.9 Å². The lowest BCUT2D eigenvalue weighted by molar-refractivity contribution is -0.141. The Labute approximate surface area is 135 Å². The molecule has 0 atom stereocenters. The van der Waals surface area contributed by atoms with Crippen molar-refractivity contribution in [2.45, 2.75) is 31.6 Å². The van der Waals surface area contributed by atoms with Gasteiger partial charge in [0.2, 0.25) is 0 Å². The van der Waals surface area contributed by atoms with Gasteiger partial charge in [-0.3, -0.25) is 0 Å². The van der Waals surface area contributed by atoms with Gasteiger partial charge in [0.1, 0.15) is 11.6 Å². The van der Waals surface area contributed by atoms with Crippen molar-refractivity contribution in [3.8, 4) is 0 Å². The first kappa shape index (κ1) is 14.9. The molecule has 0 saturated heterocycles. The number of hydrogen-bond acceptors (Lipinski definition) is 4. The van der Waals surface area contributed by atoms with E-state index in [-0.39, 0.29) is 5.82 Å². The molecular formula is C16H14F3N5. The number of halogens is 3. The lowest BCUT2D eigenvalue weighted by Gasteiger charge is -2.09. The summed E-state index contributed by atoms with van der Waals surface area (Å²) in [4.78, 5) is 4.62. The van der Waals surface area contributed by atoms with Crippen molar-refractivity contribution in [3.05, 3.63) is 47.9 Å². The van der Waals surface area contributed by atoms with Gasteiger partial charge < -0.3 is 9.88 Å². The van der Waals surface area contributed by atoms with Crippen molar-refractivity contribution >= 4 is 16.9 Å². The third kappa shape index (κ3) is 2.79. The molecule has 2 heterocycles. The van der Waals surface area contributed by atoms with Crippen molar-refractivity contribution < 1.29 is 13.2 Å². The second kappa shape index (κ2) is 5.47. The monoisotopic (exact) mass is 333 g/mol. The molecule has 5 nitrogen and oxygen atoms in total. The van der Waals surface area contributed by atoms with E-state index in [0.29, 0.717) is 12.6 Å². The molecule has 0 radical (unpaired) electrons. The summed E-state index contributed by atoms with van der Waals surface area (Å²) in [5.74, 6) is 1.14. The summed E-state index contributed by atoms with van der Waals surface area (Å²) >= 11 is 0. The molecule has 124 valence electrons. The van der Waals surface area contributed by atoms with E-state index in [0.717, 1.165) is 35.8 Å². The highest BCUT2D eigenvalue weighted by Crippen LogP contribution is 2.38. The maximum absolute atomic E-state index is 12.5. The maximum atomic E-state index is 12.5. The molecule has 0 bridgehead atoms. The molecule has 1 fully saturated rings. The smallest absolute Gasteiger partial charge is 0.361 e. The van der Waals surface area contributed by atoms with E-state index >= 15 is 0 Å². The lowest BCUT2D eigenvalue weighted by Crippen LogP contribution is -2.12. The average molecular weight is 333 g/mol. The first-order valence-electron chi connectivity index (χ1n) is 7.63. The number of para-hydroxylation sites is 2. The molecule has 0 unspecified atom stereocenters. The Morgan fingerprint density at radius 3 is 2.54 bits per heavy atom. The van der Waals surface area contributed by atoms with Gasteiger partial charge in [0, 0.05) is 6.04 Å². The number of rotatable bonds is 4. The highest BCUT2D eigenvalue weighted by molar-refractivity contribution is 5.76. The molecular weight excluding hydrogens is 319 g/mol. The summed E-state index contributed by atoms with van der Waals surface area (Å²) in [7, 11) is 0. The van der Waals surface area contributed by atoms with Gasteiger partial charge in [-0.15, -0.1) is 10.2 Å². The number of hydrogen-bond donors (Lipinski definition) is 1. The summed E-state index contributed by atoms with van der Waals surface area (Å²) in [5.41, 5.74) is 0.994. The number of alkyl halides is 3. The van der Waals surface area contributed by atoms with Crippen molar-refractivity contribution in [2.75, 3.05) is 5.32 Å². The average Bonchev–Trinajstić information content (AvgIpc) is 3.33. The summed E-state index contributed by atoms with van der Waals surface area (Å²) in [6, 6.07) is 10.5. The molecule has 4 rings (SSSR count). The van der Waals surface area contributed by atoms with Crippen molar-refractivity contribution in [1.82, 2.24) is 19.7 Å². The third-order valence-electron chi connectivity index (χ3n) is 3.96. The fourth-order valence-electron chi connectivity index (χ4n) is 2.71. The molecule has 1 aliphatic carbocycles. The number of imidazole rings is 1. The van der Waals surface area contributed by atoms with Crippen LogP contribution in [-0.2, 0) is 12.7 Å². The van der Waals surface area contributed by atoms with Crippen LogP contribution in [-0.4, -0.2) is 19.7 Å². The first-order valence-corrected chi connectivity index (χ1v) is 7.63. The minimum atomic E-state index is -4.48. The number of benzene rings is 1. The Morgan fingerprint density at radius 2 is 1.88 bits per heavy atom. The van der Waals surface area contributed by atoms with E-state index in [2.05, 4.69) is 25.1 Å². The van der Waals surface area contributed by atoms with Crippen molar-refractivity contribution in [2.24, 2.45) is 0 Å². The van der Waals surface area contributed by atoms with Gasteiger partial charge in [-0.05, 0) is 37.1 Å². The van der Waals surface area contributed by atoms with Crippen LogP contribution in [0.15, 0.2) is 36.4 Å². The normalized spacial score (nSPS) is 15.0. The molecule has 1 aliphatic rings. The van der Waals surface area contributed by atoms with Crippen LogP contribution in [0.3, 0.4) is 0 Å². The fourth-order valence-corrected chi connectivity index (χ4v) is 2.71. The summed E-state index contributed by atoms with van der Waals surface area (Å²) in [5, 5.41) is 9.80. The van der Waals surface area contributed by atoms with Crippen LogP contribution in [0.4, 0.5) is 19.0 Å². The van der Waals surface area contributed by atoms with Gasteiger partial charge in [0.25, 0.3) is 0 Å². The topological polar surface area (TPSA) is 55.6 Å². The van der Waals surface area contributed by atoms with Crippen LogP contribution >= 0.6 is 0 Å². The Balaban J connectivity index is 1.56. The summed E-state index contributed by atoms with van der Waals surface area (Å²) in [6.45, 7) is 0.380. The van der Waals surface area contributed by atoms with Crippen LogP contribution in [0.5, 0.6) is 0 Å². The largest absolute Gasteiger partial charge is 0.435 e. The number of nitrogens with one attached hydrogen (secondary N) is 1. The predicted octanol–water partition coefficient (Wildman–Crippen LogP) is 3.79. The van der Waals surface area contributed by atoms with Gasteiger partial charge >= 0.3 is 6.18 Å². The maximum Gasteiger partial charge on any atom is 0.435 e. The molecule has 0 aliphatic heterocycles. The minimum Gasteiger partial charge on any atom is -0.361 e. The highest BCUT2D eigenvalue weighted by atomic mass is 19.4. The Morgan fingerprint density at radius 1 is 1.08 bits per heavy atom. The standard InChI is InChI=1S/C16H14F3N5/c17-16(18,19)13-7-8-14(23-22-13)20-9-15-21-11-3-1-2-4-12(11)24(15)10-5-6-10/h1-4,7-8,10H,5-6,9H2,(H,20,23). The highest BCUT2D eigenvalue weighted by Gasteiger charge is 2.33. The zero-order valence-electron chi connectivity index (χ0n) is 12.6. The number of nitrogens with zero attached hydrogens (tertiary/aromatic N) is 4. The first-order chi connectivity index (χ1) is 11.5. The molecule has 24 heavy (non-hydrogen) atoms. The second-order valence-electron chi connectivity index (χ2n) is 5.77. The molecule has 0 amide bonds. The number of aromatic nitrogens is 4. The predicted molar refractivity (Wildman–Crippen MR) is 82.4 cm³/mol. The quantitative estimate of drug-likeness (QED) is 0.789. The Bertz CT molecular complexity index is 866. The zero-order chi connectivity index (χ0) is 16.7. The van der Waals surface area contributed by atoms with Gasteiger partial charge in [-0.2, -0.15) is 13.2 Å². The van der Waals surface area contributed by atoms with E-state index in [9.17, 15) is 13.2 Å². The second-order valence-corrected chi connectivity index (χ2v) is 5.77. The lowest BCUT2D eigenvalue weighted by atomic mass is 10.3. The van der Waals surface area contributed by atoms with Gasteiger partial charge in [0.15, 0.2) is 5.69 Å². The van der Waals surface area contributed by atoms with E-state index in [1.807, 2.05) is 24.3 Å². The summed E-state index contributed by atoms with van der Waals surface area (Å²) < 4.78 is 39.7. The third-order valence-corrected chi connectivity index (χ3v) is 3.96. The van der Waals surface area contributed by atoms with Gasteiger partial charge in [-0.1, -0.05) is 12.1 Å². The van der Waals surface area contributed by atoms with Crippen molar-refractivity contribution in [3.63, 3.8) is 0 Å². The minimum absolute atomic E-state index is 0.289. The number of fused-ring (bicyclic) bond motifs is 1. The molecule has 3 aromatic rings. The van der Waals surface area contributed by atoms with Crippen LogP contribution < -0.4 is 5.32 Å². The fraction of sp³-hybridized carbons (Fsp3) is 0.312. The molecule has 1 saturated carbocycles. The molecule has 0 spiro atoms. The molecule has 1 aromatic carbocycles. The van der Waals surface area contributed by atoms with E-state index in [1.54, 1.807) is 0 Å². The Hall–Kier alpha value is -2.64. The Kier molecular flexibility index (Phi) is 3.40. The van der Waals surface area contributed by atoms with Crippen LogP contribution in [0.1, 0.15) is 30.4 Å².